The Hall–Kier alpha value is -4.16. The summed E-state index contributed by atoms with van der Waals surface area (Å²) in [5.74, 6) is 6.65. The highest BCUT2D eigenvalue weighted by molar-refractivity contribution is 6.05. The number of non-ortho nitro benzene ring substituents is 1. The molecule has 0 aliphatic heterocycles. The van der Waals surface area contributed by atoms with Gasteiger partial charge in [0.1, 0.15) is 0 Å². The number of benzene rings is 5. The molecule has 0 aromatic heterocycles. The number of nitro benzene ring substituents is 1. The summed E-state index contributed by atoms with van der Waals surface area (Å²) in [7, 11) is 0. The predicted octanol–water partition coefficient (Wildman–Crippen LogP) is 6.45. The molecule has 0 saturated heterocycles. The molecule has 0 radical (unpaired) electrons. The molecule has 0 N–H and O–H groups in total. The van der Waals surface area contributed by atoms with Crippen LogP contribution in [0.4, 0.5) is 5.69 Å². The molecule has 0 amide bonds. The van der Waals surface area contributed by atoms with E-state index in [4.69, 9.17) is 0 Å². The van der Waals surface area contributed by atoms with Gasteiger partial charge in [0.25, 0.3) is 5.69 Å². The first-order valence-corrected chi connectivity index (χ1v) is 9.31. The zero-order valence-corrected chi connectivity index (χ0v) is 15.4. The largest absolute Gasteiger partial charge is 0.277 e. The fraction of sp³-hybridized carbons (Fsp3) is 0. The van der Waals surface area contributed by atoms with E-state index in [2.05, 4.69) is 42.2 Å². The summed E-state index contributed by atoms with van der Waals surface area (Å²) in [6, 6.07) is 29.2. The third kappa shape index (κ3) is 2.88. The minimum Gasteiger partial charge on any atom is -0.258 e. The summed E-state index contributed by atoms with van der Waals surface area (Å²) in [6.07, 6.45) is 0. The van der Waals surface area contributed by atoms with Crippen molar-refractivity contribution < 1.29 is 4.92 Å². The zero-order chi connectivity index (χ0) is 19.8. The topological polar surface area (TPSA) is 43.1 Å². The van der Waals surface area contributed by atoms with Gasteiger partial charge in [-0.15, -0.1) is 0 Å². The van der Waals surface area contributed by atoms with E-state index in [-0.39, 0.29) is 10.6 Å². The van der Waals surface area contributed by atoms with Crippen molar-refractivity contribution in [3.63, 3.8) is 0 Å². The standard InChI is InChI=1S/C26H15NO2/c28-27(29)26-14-6-12-21-18(9-5-13-25(21)26)15-16-24-22-10-3-1-7-19(22)17-20-8-2-4-11-23(20)24/h1-14,17H. The van der Waals surface area contributed by atoms with Gasteiger partial charge in [0.05, 0.1) is 10.3 Å². The van der Waals surface area contributed by atoms with Gasteiger partial charge >= 0.3 is 0 Å². The maximum atomic E-state index is 11.4. The lowest BCUT2D eigenvalue weighted by molar-refractivity contribution is -0.383. The first kappa shape index (κ1) is 17.0. The molecular weight excluding hydrogens is 358 g/mol. The summed E-state index contributed by atoms with van der Waals surface area (Å²) in [5, 5.41) is 17.3. The molecule has 0 bridgehead atoms. The van der Waals surface area contributed by atoms with Gasteiger partial charge in [-0.25, -0.2) is 0 Å². The Balaban J connectivity index is 1.78. The second-order valence-corrected chi connectivity index (χ2v) is 6.88. The maximum Gasteiger partial charge on any atom is 0.277 e. The first-order chi connectivity index (χ1) is 14.2. The molecule has 0 aliphatic rings. The summed E-state index contributed by atoms with van der Waals surface area (Å²) in [4.78, 5) is 11.0. The van der Waals surface area contributed by atoms with E-state index in [1.165, 1.54) is 6.07 Å². The quantitative estimate of drug-likeness (QED) is 0.147. The molecule has 0 aliphatic carbocycles. The Bertz CT molecular complexity index is 1440. The van der Waals surface area contributed by atoms with Crippen LogP contribution >= 0.6 is 0 Å². The molecule has 5 aromatic rings. The molecule has 0 unspecified atom stereocenters. The SMILES string of the molecule is O=[N+]([O-])c1cccc2c(C#Cc3c4ccccc4cc4ccccc34)cccc12. The Morgan fingerprint density at radius 3 is 1.90 bits per heavy atom. The first-order valence-electron chi connectivity index (χ1n) is 9.31. The third-order valence-corrected chi connectivity index (χ3v) is 5.19. The molecule has 29 heavy (non-hydrogen) atoms. The lowest BCUT2D eigenvalue weighted by atomic mass is 9.96. The van der Waals surface area contributed by atoms with Crippen molar-refractivity contribution in [1.82, 2.24) is 0 Å². The summed E-state index contributed by atoms with van der Waals surface area (Å²) in [5.41, 5.74) is 1.85. The molecule has 136 valence electrons. The van der Waals surface area contributed by atoms with Crippen LogP contribution in [0.1, 0.15) is 11.1 Å². The van der Waals surface area contributed by atoms with E-state index in [1.807, 2.05) is 42.5 Å². The summed E-state index contributed by atoms with van der Waals surface area (Å²) in [6.45, 7) is 0. The minimum atomic E-state index is -0.349. The monoisotopic (exact) mass is 373 g/mol. The molecule has 3 nitrogen and oxygen atoms in total. The minimum absolute atomic E-state index is 0.0989. The van der Waals surface area contributed by atoms with Gasteiger partial charge in [0.15, 0.2) is 0 Å². The fourth-order valence-corrected chi connectivity index (χ4v) is 3.84. The van der Waals surface area contributed by atoms with Gasteiger partial charge in [-0.3, -0.25) is 10.1 Å². The summed E-state index contributed by atoms with van der Waals surface area (Å²) < 4.78 is 0. The number of nitrogens with zero attached hydrogens (tertiary/aromatic N) is 1. The molecule has 0 fully saturated rings. The molecule has 0 saturated carbocycles. The van der Waals surface area contributed by atoms with Crippen LogP contribution < -0.4 is 0 Å². The number of nitro groups is 1. The van der Waals surface area contributed by atoms with E-state index >= 15 is 0 Å². The van der Waals surface area contributed by atoms with Crippen molar-refractivity contribution in [1.29, 1.82) is 0 Å². The predicted molar refractivity (Wildman–Crippen MR) is 118 cm³/mol. The highest BCUT2D eigenvalue weighted by Gasteiger charge is 2.12. The Labute approximate surface area is 167 Å². The lowest BCUT2D eigenvalue weighted by Gasteiger charge is -2.07. The van der Waals surface area contributed by atoms with Crippen LogP contribution in [-0.4, -0.2) is 4.92 Å². The van der Waals surface area contributed by atoms with E-state index < -0.39 is 0 Å². The van der Waals surface area contributed by atoms with Gasteiger partial charge in [0.2, 0.25) is 0 Å². The number of fused-ring (bicyclic) bond motifs is 3. The molecule has 5 rings (SSSR count). The smallest absolute Gasteiger partial charge is 0.258 e. The van der Waals surface area contributed by atoms with Crippen molar-refractivity contribution in [2.75, 3.05) is 0 Å². The highest BCUT2D eigenvalue weighted by Crippen LogP contribution is 2.29. The second-order valence-electron chi connectivity index (χ2n) is 6.88. The van der Waals surface area contributed by atoms with Crippen molar-refractivity contribution in [3.05, 3.63) is 112 Å². The zero-order valence-electron chi connectivity index (χ0n) is 15.4. The lowest BCUT2D eigenvalue weighted by Crippen LogP contribution is -1.90. The Kier molecular flexibility index (Phi) is 3.97. The van der Waals surface area contributed by atoms with Gasteiger partial charge in [-0.1, -0.05) is 78.6 Å². The van der Waals surface area contributed by atoms with Crippen LogP contribution in [-0.2, 0) is 0 Å². The van der Waals surface area contributed by atoms with Crippen LogP contribution in [0.2, 0.25) is 0 Å². The average molecular weight is 373 g/mol. The van der Waals surface area contributed by atoms with Gasteiger partial charge in [0, 0.05) is 22.6 Å². The number of rotatable bonds is 1. The molecule has 0 heterocycles. The van der Waals surface area contributed by atoms with E-state index in [0.717, 1.165) is 38.1 Å². The van der Waals surface area contributed by atoms with E-state index in [1.54, 1.807) is 12.1 Å². The fourth-order valence-electron chi connectivity index (χ4n) is 3.84. The molecule has 5 aromatic carbocycles. The number of hydrogen-bond donors (Lipinski definition) is 0. The van der Waals surface area contributed by atoms with Crippen LogP contribution in [0.15, 0.2) is 91.0 Å². The maximum absolute atomic E-state index is 11.4. The van der Waals surface area contributed by atoms with E-state index in [0.29, 0.717) is 5.39 Å². The number of hydrogen-bond acceptors (Lipinski definition) is 2. The van der Waals surface area contributed by atoms with Crippen LogP contribution in [0.3, 0.4) is 0 Å². The molecule has 0 spiro atoms. The molecular formula is C26H15NO2. The van der Waals surface area contributed by atoms with Crippen molar-refractivity contribution in [3.8, 4) is 11.8 Å². The Morgan fingerprint density at radius 1 is 0.621 bits per heavy atom. The highest BCUT2D eigenvalue weighted by atomic mass is 16.6. The molecule has 3 heteroatoms. The normalized spacial score (nSPS) is 10.8. The average Bonchev–Trinajstić information content (AvgIpc) is 2.76. The van der Waals surface area contributed by atoms with Crippen molar-refractivity contribution in [2.45, 2.75) is 0 Å². The van der Waals surface area contributed by atoms with Gasteiger partial charge in [-0.05, 0) is 39.7 Å². The third-order valence-electron chi connectivity index (χ3n) is 5.19. The van der Waals surface area contributed by atoms with Gasteiger partial charge < -0.3 is 0 Å². The van der Waals surface area contributed by atoms with E-state index in [9.17, 15) is 10.1 Å². The Morgan fingerprint density at radius 2 is 1.21 bits per heavy atom. The van der Waals surface area contributed by atoms with Crippen molar-refractivity contribution in [2.24, 2.45) is 0 Å². The van der Waals surface area contributed by atoms with Crippen molar-refractivity contribution >= 4 is 38.0 Å². The van der Waals surface area contributed by atoms with Gasteiger partial charge in [-0.2, -0.15) is 0 Å². The molecule has 0 atom stereocenters. The second kappa shape index (κ2) is 6.78. The summed E-state index contributed by atoms with van der Waals surface area (Å²) >= 11 is 0. The van der Waals surface area contributed by atoms with Crippen LogP contribution in [0, 0.1) is 22.0 Å². The van der Waals surface area contributed by atoms with Crippen LogP contribution in [0.5, 0.6) is 0 Å². The van der Waals surface area contributed by atoms with Crippen LogP contribution in [0.25, 0.3) is 32.3 Å².